The highest BCUT2D eigenvalue weighted by atomic mass is 16.6. The van der Waals surface area contributed by atoms with Gasteiger partial charge >= 0.3 is 23.9 Å². The third kappa shape index (κ3) is 1.13. The van der Waals surface area contributed by atoms with Gasteiger partial charge in [-0.05, 0) is 19.3 Å². The molecule has 6 atom stereocenters. The lowest BCUT2D eigenvalue weighted by Crippen LogP contribution is -2.60. The van der Waals surface area contributed by atoms with E-state index in [1.807, 2.05) is 6.08 Å². The monoisotopic (exact) mass is 302 g/mol. The molecule has 0 amide bonds. The Balaban J connectivity index is 1.80. The molecule has 6 aliphatic rings. The molecule has 0 aromatic heterocycles. The number of esters is 4. The maximum atomic E-state index is 12.3. The predicted molar refractivity (Wildman–Crippen MR) is 68.6 cm³/mol. The molecule has 6 rings (SSSR count). The van der Waals surface area contributed by atoms with Gasteiger partial charge in [-0.1, -0.05) is 18.1 Å². The van der Waals surface area contributed by atoms with E-state index in [0.29, 0.717) is 6.42 Å². The van der Waals surface area contributed by atoms with Crippen LogP contribution >= 0.6 is 0 Å². The zero-order valence-corrected chi connectivity index (χ0v) is 11.7. The van der Waals surface area contributed by atoms with Crippen LogP contribution in [-0.2, 0) is 28.7 Å². The summed E-state index contributed by atoms with van der Waals surface area (Å²) in [7, 11) is 0. The Morgan fingerprint density at radius 2 is 1.45 bits per heavy atom. The van der Waals surface area contributed by atoms with Gasteiger partial charge in [-0.2, -0.15) is 0 Å². The summed E-state index contributed by atoms with van der Waals surface area (Å²) in [5.74, 6) is -5.10. The number of hydrogen-bond donors (Lipinski definition) is 0. The van der Waals surface area contributed by atoms with Crippen molar-refractivity contribution in [1.29, 1.82) is 0 Å². The first-order valence-corrected chi connectivity index (χ1v) is 7.78. The fourth-order valence-corrected chi connectivity index (χ4v) is 5.78. The molecule has 1 spiro atoms. The van der Waals surface area contributed by atoms with Crippen molar-refractivity contribution in [1.82, 2.24) is 0 Å². The molecule has 2 aliphatic heterocycles. The second-order valence-corrected chi connectivity index (χ2v) is 7.00. The molecule has 22 heavy (non-hydrogen) atoms. The largest absolute Gasteiger partial charge is 0.393 e. The molecule has 2 heterocycles. The minimum absolute atomic E-state index is 0.442. The van der Waals surface area contributed by atoms with Crippen LogP contribution in [0.3, 0.4) is 0 Å². The van der Waals surface area contributed by atoms with E-state index in [1.165, 1.54) is 0 Å². The van der Waals surface area contributed by atoms with Gasteiger partial charge in [0.05, 0.1) is 23.7 Å². The SMILES string of the molecule is O=C1OC(=O)[C@H]2C3C=C4CCCCC4([C@H]12)[C@H]1C(=O)OC(=O)[C@@H]31. The highest BCUT2D eigenvalue weighted by Crippen LogP contribution is 2.69. The molecule has 0 aromatic rings. The second-order valence-electron chi connectivity index (χ2n) is 7.00. The number of carbonyl (C=O) groups is 4. The first-order chi connectivity index (χ1) is 10.6. The van der Waals surface area contributed by atoms with Gasteiger partial charge < -0.3 is 9.47 Å². The van der Waals surface area contributed by atoms with E-state index in [1.54, 1.807) is 0 Å². The zero-order chi connectivity index (χ0) is 15.2. The van der Waals surface area contributed by atoms with Crippen LogP contribution in [0.25, 0.3) is 0 Å². The zero-order valence-electron chi connectivity index (χ0n) is 11.7. The molecular weight excluding hydrogens is 288 g/mol. The summed E-state index contributed by atoms with van der Waals surface area (Å²) in [6, 6.07) is 0. The number of rotatable bonds is 0. The normalized spacial score (nSPS) is 48.4. The maximum Gasteiger partial charge on any atom is 0.318 e. The smallest absolute Gasteiger partial charge is 0.318 e. The van der Waals surface area contributed by atoms with Crippen LogP contribution < -0.4 is 0 Å². The van der Waals surface area contributed by atoms with Gasteiger partial charge in [0.2, 0.25) is 0 Å². The Morgan fingerprint density at radius 3 is 2.05 bits per heavy atom. The summed E-state index contributed by atoms with van der Waals surface area (Å²) in [5.41, 5.74) is 0.319. The highest BCUT2D eigenvalue weighted by Gasteiger charge is 2.75. The van der Waals surface area contributed by atoms with E-state index >= 15 is 0 Å². The number of hydrogen-bond acceptors (Lipinski definition) is 6. The molecule has 2 bridgehead atoms. The summed E-state index contributed by atoms with van der Waals surface area (Å²) in [5, 5.41) is 0. The van der Waals surface area contributed by atoms with E-state index in [-0.39, 0.29) is 0 Å². The van der Waals surface area contributed by atoms with Gasteiger partial charge in [0.15, 0.2) is 0 Å². The van der Waals surface area contributed by atoms with Gasteiger partial charge in [-0.15, -0.1) is 0 Å². The molecule has 114 valence electrons. The van der Waals surface area contributed by atoms with E-state index in [0.717, 1.165) is 24.8 Å². The van der Waals surface area contributed by atoms with Crippen molar-refractivity contribution in [3.05, 3.63) is 11.6 Å². The third-order valence-electron chi connectivity index (χ3n) is 6.39. The average Bonchev–Trinajstić information content (AvgIpc) is 2.98. The Bertz CT molecular complexity index is 647. The Labute approximate surface area is 125 Å². The first kappa shape index (κ1) is 12.6. The van der Waals surface area contributed by atoms with Crippen molar-refractivity contribution in [2.24, 2.45) is 35.0 Å². The topological polar surface area (TPSA) is 86.7 Å². The Morgan fingerprint density at radius 1 is 0.864 bits per heavy atom. The molecule has 0 radical (unpaired) electrons. The Hall–Kier alpha value is -1.98. The van der Waals surface area contributed by atoms with Crippen LogP contribution in [0.4, 0.5) is 0 Å². The van der Waals surface area contributed by atoms with Crippen LogP contribution in [0.1, 0.15) is 25.7 Å². The molecule has 2 saturated heterocycles. The van der Waals surface area contributed by atoms with Crippen molar-refractivity contribution in [2.75, 3.05) is 0 Å². The first-order valence-electron chi connectivity index (χ1n) is 7.78. The lowest BCUT2D eigenvalue weighted by molar-refractivity contribution is -0.156. The maximum absolute atomic E-state index is 12.3. The molecule has 6 nitrogen and oxygen atoms in total. The average molecular weight is 302 g/mol. The number of ether oxygens (including phenoxy) is 2. The van der Waals surface area contributed by atoms with Gasteiger partial charge in [0.25, 0.3) is 0 Å². The van der Waals surface area contributed by atoms with Crippen molar-refractivity contribution in [2.45, 2.75) is 25.7 Å². The summed E-state index contributed by atoms with van der Waals surface area (Å²) in [4.78, 5) is 49.0. The van der Waals surface area contributed by atoms with E-state index in [2.05, 4.69) is 0 Å². The molecule has 0 aromatic carbocycles. The summed E-state index contributed by atoms with van der Waals surface area (Å²) in [6.07, 6.45) is 5.30. The van der Waals surface area contributed by atoms with Crippen LogP contribution in [0.5, 0.6) is 0 Å². The van der Waals surface area contributed by atoms with Crippen molar-refractivity contribution in [3.63, 3.8) is 0 Å². The highest BCUT2D eigenvalue weighted by molar-refractivity contribution is 6.04. The van der Waals surface area contributed by atoms with E-state index in [9.17, 15) is 19.2 Å². The lowest BCUT2D eigenvalue weighted by atomic mass is 9.41. The van der Waals surface area contributed by atoms with Gasteiger partial charge in [0.1, 0.15) is 0 Å². The fraction of sp³-hybridized carbons (Fsp3) is 0.625. The third-order valence-corrected chi connectivity index (χ3v) is 6.39. The van der Waals surface area contributed by atoms with Gasteiger partial charge in [0, 0.05) is 11.3 Å². The van der Waals surface area contributed by atoms with Crippen LogP contribution in [0.2, 0.25) is 0 Å². The Kier molecular flexibility index (Phi) is 2.09. The van der Waals surface area contributed by atoms with Crippen LogP contribution in [-0.4, -0.2) is 23.9 Å². The van der Waals surface area contributed by atoms with E-state index in [4.69, 9.17) is 9.47 Å². The molecule has 2 saturated carbocycles. The molecule has 2 unspecified atom stereocenters. The summed E-state index contributed by atoms with van der Waals surface area (Å²) >= 11 is 0. The van der Waals surface area contributed by atoms with Gasteiger partial charge in [-0.3, -0.25) is 19.2 Å². The predicted octanol–water partition coefficient (Wildman–Crippen LogP) is 0.748. The number of allylic oxidation sites excluding steroid dienone is 2. The number of carbonyl (C=O) groups excluding carboxylic acids is 4. The van der Waals surface area contributed by atoms with Crippen LogP contribution in [0.15, 0.2) is 11.6 Å². The molecule has 6 heteroatoms. The second kappa shape index (κ2) is 3.67. The summed E-state index contributed by atoms with van der Waals surface area (Å²) < 4.78 is 9.79. The minimum atomic E-state index is -0.741. The fourth-order valence-electron chi connectivity index (χ4n) is 5.78. The lowest BCUT2D eigenvalue weighted by Gasteiger charge is -2.57. The quantitative estimate of drug-likeness (QED) is 0.373. The van der Waals surface area contributed by atoms with Crippen molar-refractivity contribution in [3.8, 4) is 0 Å². The molecule has 4 fully saturated rings. The minimum Gasteiger partial charge on any atom is -0.393 e. The summed E-state index contributed by atoms with van der Waals surface area (Å²) in [6.45, 7) is 0. The molecule has 4 aliphatic carbocycles. The number of cyclic esters (lactones) is 4. The molecule has 0 N–H and O–H groups in total. The van der Waals surface area contributed by atoms with Crippen molar-refractivity contribution >= 4 is 23.9 Å². The molecular formula is C16H14O6. The standard InChI is InChI=1S/C16H14O6/c17-12-8-7-5-6-3-1-2-4-16(6,10(8)14(19)21-12)11-9(7)13(18)22-15(11)20/h5,7-11H,1-4H2/t7?,8-,9-,10-,11+,16?/m0/s1. The van der Waals surface area contributed by atoms with Crippen LogP contribution in [0, 0.1) is 35.0 Å². The van der Waals surface area contributed by atoms with Crippen molar-refractivity contribution < 1.29 is 28.7 Å². The van der Waals surface area contributed by atoms with E-state index < -0.39 is 58.9 Å². The van der Waals surface area contributed by atoms with Gasteiger partial charge in [-0.25, -0.2) is 0 Å².